The summed E-state index contributed by atoms with van der Waals surface area (Å²) in [5.74, 6) is 0.566. The van der Waals surface area contributed by atoms with Gasteiger partial charge in [-0.3, -0.25) is 18.7 Å². The number of hydrogen-bond acceptors (Lipinski definition) is 5. The molecule has 1 amide bonds. The van der Waals surface area contributed by atoms with E-state index in [1.165, 1.54) is 50.0 Å². The highest BCUT2D eigenvalue weighted by atomic mass is 16.2. The summed E-state index contributed by atoms with van der Waals surface area (Å²) in [4.78, 5) is 41.3. The molecule has 2 aliphatic heterocycles. The number of piperidine rings is 2. The number of anilines is 1. The van der Waals surface area contributed by atoms with Crippen molar-refractivity contribution < 1.29 is 4.79 Å². The number of hydrogen-bond donors (Lipinski definition) is 1. The maximum atomic E-state index is 12.6. The molecule has 2 fully saturated rings. The van der Waals surface area contributed by atoms with Crippen LogP contribution in [0, 0.1) is 5.92 Å². The van der Waals surface area contributed by atoms with Crippen LogP contribution in [-0.4, -0.2) is 59.2 Å². The van der Waals surface area contributed by atoms with Gasteiger partial charge >= 0.3 is 5.69 Å². The number of nitrogens with one attached hydrogen (secondary N) is 1. The molecule has 0 bridgehead atoms. The molecule has 0 spiro atoms. The maximum absolute atomic E-state index is 12.6. The van der Waals surface area contributed by atoms with Crippen molar-refractivity contribution in [2.45, 2.75) is 38.5 Å². The smallest absolute Gasteiger partial charge is 0.332 e. The van der Waals surface area contributed by atoms with Gasteiger partial charge in [0.2, 0.25) is 5.91 Å². The summed E-state index contributed by atoms with van der Waals surface area (Å²) in [7, 11) is 3.15. The van der Waals surface area contributed by atoms with E-state index in [1.807, 2.05) is 4.90 Å². The Labute approximate surface area is 166 Å². The Kier molecular flexibility index (Phi) is 6.93. The fraction of sp³-hybridized carbons (Fsp3) is 0.750. The molecule has 3 rings (SSSR count). The van der Waals surface area contributed by atoms with Crippen LogP contribution in [0.4, 0.5) is 5.82 Å². The van der Waals surface area contributed by atoms with Crippen molar-refractivity contribution >= 4 is 11.7 Å². The van der Waals surface area contributed by atoms with Gasteiger partial charge in [-0.05, 0) is 51.7 Å². The summed E-state index contributed by atoms with van der Waals surface area (Å²) in [6.07, 6.45) is 6.60. The molecule has 0 radical (unpaired) electrons. The Balaban J connectivity index is 1.52. The van der Waals surface area contributed by atoms with E-state index in [1.54, 1.807) is 7.05 Å². The molecule has 1 aromatic heterocycles. The molecule has 8 heteroatoms. The average Bonchev–Trinajstić information content (AvgIpc) is 2.73. The van der Waals surface area contributed by atoms with Crippen molar-refractivity contribution in [1.29, 1.82) is 0 Å². The number of nitrogens with zero attached hydrogens (tertiary/aromatic N) is 4. The van der Waals surface area contributed by atoms with Crippen molar-refractivity contribution in [3.63, 3.8) is 0 Å². The third kappa shape index (κ3) is 4.84. The highest BCUT2D eigenvalue weighted by Crippen LogP contribution is 2.21. The molecular weight excluding hydrogens is 358 g/mol. The van der Waals surface area contributed by atoms with Crippen molar-refractivity contribution in [2.75, 3.05) is 44.2 Å². The second kappa shape index (κ2) is 9.41. The van der Waals surface area contributed by atoms with Gasteiger partial charge in [0.1, 0.15) is 5.82 Å². The zero-order chi connectivity index (χ0) is 20.1. The SMILES string of the molecule is Cn1c(N2CCCC(C(=O)NCCCN3CCCCC3)C2)cc(=O)n(C)c1=O. The lowest BCUT2D eigenvalue weighted by Crippen LogP contribution is -2.47. The van der Waals surface area contributed by atoms with E-state index in [0.717, 1.165) is 36.9 Å². The van der Waals surface area contributed by atoms with E-state index >= 15 is 0 Å². The molecular formula is C20H33N5O3. The summed E-state index contributed by atoms with van der Waals surface area (Å²) in [6, 6.07) is 1.49. The summed E-state index contributed by atoms with van der Waals surface area (Å²) in [6.45, 7) is 5.40. The number of amides is 1. The van der Waals surface area contributed by atoms with Crippen molar-refractivity contribution in [3.05, 3.63) is 26.9 Å². The zero-order valence-corrected chi connectivity index (χ0v) is 17.2. The molecule has 1 atom stereocenters. The van der Waals surface area contributed by atoms with Crippen LogP contribution < -0.4 is 21.5 Å². The van der Waals surface area contributed by atoms with Gasteiger partial charge < -0.3 is 15.1 Å². The highest BCUT2D eigenvalue weighted by Gasteiger charge is 2.27. The van der Waals surface area contributed by atoms with Crippen LogP contribution in [0.5, 0.6) is 0 Å². The van der Waals surface area contributed by atoms with Gasteiger partial charge in [0.05, 0.1) is 5.92 Å². The first kappa shape index (κ1) is 20.6. The van der Waals surface area contributed by atoms with E-state index in [9.17, 15) is 14.4 Å². The molecule has 1 aromatic rings. The summed E-state index contributed by atoms with van der Waals surface area (Å²) in [5.41, 5.74) is -0.658. The molecule has 1 N–H and O–H groups in total. The quantitative estimate of drug-likeness (QED) is 0.706. The second-order valence-electron chi connectivity index (χ2n) is 8.07. The van der Waals surface area contributed by atoms with Gasteiger partial charge in [0.25, 0.3) is 5.56 Å². The molecule has 3 heterocycles. The number of rotatable bonds is 6. The van der Waals surface area contributed by atoms with E-state index in [0.29, 0.717) is 18.9 Å². The number of aromatic nitrogens is 2. The standard InChI is InChI=1S/C20H33N5O3/c1-22-17(14-18(26)23(2)20(22)28)25-13-6-8-16(15-25)19(27)21-9-7-12-24-10-4-3-5-11-24/h14,16H,3-13,15H2,1-2H3,(H,21,27). The Hall–Kier alpha value is -2.09. The Morgan fingerprint density at radius 1 is 1.07 bits per heavy atom. The fourth-order valence-corrected chi connectivity index (χ4v) is 4.27. The normalized spacial score (nSPS) is 20.9. The third-order valence-corrected chi connectivity index (χ3v) is 6.02. The Morgan fingerprint density at radius 3 is 2.57 bits per heavy atom. The van der Waals surface area contributed by atoms with E-state index in [4.69, 9.17) is 0 Å². The molecule has 0 saturated carbocycles. The van der Waals surface area contributed by atoms with E-state index < -0.39 is 0 Å². The molecule has 1 unspecified atom stereocenters. The van der Waals surface area contributed by atoms with Gasteiger partial charge in [-0.1, -0.05) is 6.42 Å². The summed E-state index contributed by atoms with van der Waals surface area (Å²) >= 11 is 0. The Bertz CT molecular complexity index is 794. The van der Waals surface area contributed by atoms with Gasteiger partial charge in [0.15, 0.2) is 0 Å². The fourth-order valence-electron chi connectivity index (χ4n) is 4.27. The topological polar surface area (TPSA) is 79.6 Å². The number of carbonyl (C=O) groups is 1. The lowest BCUT2D eigenvalue weighted by Gasteiger charge is -2.34. The average molecular weight is 392 g/mol. The first-order valence-corrected chi connectivity index (χ1v) is 10.5. The van der Waals surface area contributed by atoms with Gasteiger partial charge in [-0.25, -0.2) is 4.79 Å². The van der Waals surface area contributed by atoms with Crippen LogP contribution in [0.3, 0.4) is 0 Å². The van der Waals surface area contributed by atoms with E-state index in [-0.39, 0.29) is 23.1 Å². The molecule has 156 valence electrons. The predicted octanol–water partition coefficient (Wildman–Crippen LogP) is 0.293. The van der Waals surface area contributed by atoms with Crippen LogP contribution in [0.1, 0.15) is 38.5 Å². The lowest BCUT2D eigenvalue weighted by molar-refractivity contribution is -0.125. The predicted molar refractivity (Wildman–Crippen MR) is 110 cm³/mol. The van der Waals surface area contributed by atoms with Crippen molar-refractivity contribution in [1.82, 2.24) is 19.4 Å². The van der Waals surface area contributed by atoms with E-state index in [2.05, 4.69) is 10.2 Å². The number of likely N-dealkylation sites (tertiary alicyclic amines) is 1. The van der Waals surface area contributed by atoms with Gasteiger partial charge in [-0.2, -0.15) is 0 Å². The second-order valence-corrected chi connectivity index (χ2v) is 8.07. The van der Waals surface area contributed by atoms with Gasteiger partial charge in [-0.15, -0.1) is 0 Å². The highest BCUT2D eigenvalue weighted by molar-refractivity contribution is 5.79. The maximum Gasteiger partial charge on any atom is 0.332 e. The van der Waals surface area contributed by atoms with Crippen LogP contribution in [0.15, 0.2) is 15.7 Å². The molecule has 0 aromatic carbocycles. The van der Waals surface area contributed by atoms with Crippen LogP contribution in [0.25, 0.3) is 0 Å². The lowest BCUT2D eigenvalue weighted by atomic mass is 9.97. The first-order valence-electron chi connectivity index (χ1n) is 10.5. The van der Waals surface area contributed by atoms with Crippen molar-refractivity contribution in [2.24, 2.45) is 20.0 Å². The molecule has 2 aliphatic rings. The Morgan fingerprint density at radius 2 is 1.82 bits per heavy atom. The monoisotopic (exact) mass is 391 g/mol. The molecule has 8 nitrogen and oxygen atoms in total. The van der Waals surface area contributed by atoms with Crippen LogP contribution in [-0.2, 0) is 18.9 Å². The molecule has 0 aliphatic carbocycles. The van der Waals surface area contributed by atoms with Gasteiger partial charge in [0, 0.05) is 39.8 Å². The third-order valence-electron chi connectivity index (χ3n) is 6.02. The largest absolute Gasteiger partial charge is 0.357 e. The minimum absolute atomic E-state index is 0.0807. The first-order chi connectivity index (χ1) is 13.5. The van der Waals surface area contributed by atoms with Crippen LogP contribution >= 0.6 is 0 Å². The minimum atomic E-state index is -0.341. The van der Waals surface area contributed by atoms with Crippen molar-refractivity contribution in [3.8, 4) is 0 Å². The zero-order valence-electron chi connectivity index (χ0n) is 17.2. The molecule has 28 heavy (non-hydrogen) atoms. The molecule has 2 saturated heterocycles. The minimum Gasteiger partial charge on any atom is -0.357 e. The summed E-state index contributed by atoms with van der Waals surface area (Å²) in [5, 5.41) is 3.08. The number of carbonyl (C=O) groups excluding carboxylic acids is 1. The summed E-state index contributed by atoms with van der Waals surface area (Å²) < 4.78 is 2.58. The van der Waals surface area contributed by atoms with Crippen LogP contribution in [0.2, 0.25) is 0 Å².